The predicted molar refractivity (Wildman–Crippen MR) is 91.1 cm³/mol. The minimum atomic E-state index is -0.209. The van der Waals surface area contributed by atoms with Gasteiger partial charge >= 0.3 is 0 Å². The maximum atomic E-state index is 12.2. The SMILES string of the molecule is CN(C)C(=O)COc1cccc(C(=O)NCc2ccc(Cl)s2)c1. The van der Waals surface area contributed by atoms with Crippen LogP contribution in [0.25, 0.3) is 0 Å². The van der Waals surface area contributed by atoms with E-state index in [1.807, 2.05) is 6.07 Å². The Labute approximate surface area is 143 Å². The summed E-state index contributed by atoms with van der Waals surface area (Å²) in [4.78, 5) is 26.1. The number of carbonyl (C=O) groups excluding carboxylic acids is 2. The quantitative estimate of drug-likeness (QED) is 0.869. The second kappa shape index (κ2) is 7.99. The Morgan fingerprint density at radius 3 is 2.70 bits per heavy atom. The van der Waals surface area contributed by atoms with Crippen LogP contribution in [0.15, 0.2) is 36.4 Å². The molecule has 1 aromatic carbocycles. The summed E-state index contributed by atoms with van der Waals surface area (Å²) in [6, 6.07) is 10.4. The Kier molecular flexibility index (Phi) is 6.01. The molecule has 0 aliphatic heterocycles. The van der Waals surface area contributed by atoms with E-state index in [0.29, 0.717) is 22.2 Å². The lowest BCUT2D eigenvalue weighted by molar-refractivity contribution is -0.130. The fraction of sp³-hybridized carbons (Fsp3) is 0.250. The van der Waals surface area contributed by atoms with Crippen LogP contribution in [0, 0.1) is 0 Å². The van der Waals surface area contributed by atoms with Crippen LogP contribution in [0.1, 0.15) is 15.2 Å². The largest absolute Gasteiger partial charge is 0.484 e. The van der Waals surface area contributed by atoms with Crippen molar-refractivity contribution in [1.29, 1.82) is 0 Å². The zero-order chi connectivity index (χ0) is 16.8. The van der Waals surface area contributed by atoms with Gasteiger partial charge in [-0.15, -0.1) is 11.3 Å². The molecule has 0 radical (unpaired) electrons. The van der Waals surface area contributed by atoms with Gasteiger partial charge in [0, 0.05) is 24.5 Å². The number of nitrogens with one attached hydrogen (secondary N) is 1. The molecule has 2 rings (SSSR count). The fourth-order valence-electron chi connectivity index (χ4n) is 1.72. The molecule has 1 N–H and O–H groups in total. The number of thiophene rings is 1. The van der Waals surface area contributed by atoms with Gasteiger partial charge in [0.2, 0.25) is 0 Å². The summed E-state index contributed by atoms with van der Waals surface area (Å²) >= 11 is 7.28. The third kappa shape index (κ3) is 5.26. The molecule has 2 aromatic rings. The molecular formula is C16H17ClN2O3S. The third-order valence-electron chi connectivity index (χ3n) is 3.01. The zero-order valence-corrected chi connectivity index (χ0v) is 14.4. The molecule has 1 heterocycles. The lowest BCUT2D eigenvalue weighted by Gasteiger charge is -2.12. The van der Waals surface area contributed by atoms with Crippen LogP contribution < -0.4 is 10.1 Å². The molecule has 0 fully saturated rings. The van der Waals surface area contributed by atoms with Gasteiger partial charge in [0.1, 0.15) is 5.75 Å². The van der Waals surface area contributed by atoms with E-state index in [4.69, 9.17) is 16.3 Å². The van der Waals surface area contributed by atoms with Crippen LogP contribution in [0.4, 0.5) is 0 Å². The van der Waals surface area contributed by atoms with E-state index in [9.17, 15) is 9.59 Å². The summed E-state index contributed by atoms with van der Waals surface area (Å²) < 4.78 is 6.09. The Bertz CT molecular complexity index is 700. The molecule has 0 bridgehead atoms. The molecule has 7 heteroatoms. The topological polar surface area (TPSA) is 58.6 Å². The molecule has 5 nitrogen and oxygen atoms in total. The van der Waals surface area contributed by atoms with E-state index >= 15 is 0 Å². The highest BCUT2D eigenvalue weighted by Gasteiger charge is 2.09. The van der Waals surface area contributed by atoms with Gasteiger partial charge in [0.25, 0.3) is 11.8 Å². The number of amides is 2. The van der Waals surface area contributed by atoms with Crippen LogP contribution in [-0.2, 0) is 11.3 Å². The highest BCUT2D eigenvalue weighted by molar-refractivity contribution is 7.16. The number of rotatable bonds is 6. The first kappa shape index (κ1) is 17.3. The van der Waals surface area contributed by atoms with E-state index in [-0.39, 0.29) is 18.4 Å². The number of halogens is 1. The molecule has 23 heavy (non-hydrogen) atoms. The number of carbonyl (C=O) groups is 2. The van der Waals surface area contributed by atoms with Crippen molar-refractivity contribution in [3.8, 4) is 5.75 Å². The van der Waals surface area contributed by atoms with E-state index < -0.39 is 0 Å². The van der Waals surface area contributed by atoms with Crippen LogP contribution in [0.5, 0.6) is 5.75 Å². The molecule has 0 saturated carbocycles. The van der Waals surface area contributed by atoms with Crippen molar-refractivity contribution in [2.75, 3.05) is 20.7 Å². The van der Waals surface area contributed by atoms with Crippen LogP contribution in [0.3, 0.4) is 0 Å². The molecule has 0 aliphatic rings. The van der Waals surface area contributed by atoms with Crippen LogP contribution in [0.2, 0.25) is 4.34 Å². The Hall–Kier alpha value is -2.05. The van der Waals surface area contributed by atoms with Gasteiger partial charge in [-0.1, -0.05) is 17.7 Å². The van der Waals surface area contributed by atoms with Crippen molar-refractivity contribution in [2.24, 2.45) is 0 Å². The molecule has 122 valence electrons. The highest BCUT2D eigenvalue weighted by Crippen LogP contribution is 2.21. The normalized spacial score (nSPS) is 10.2. The summed E-state index contributed by atoms with van der Waals surface area (Å²) in [6.07, 6.45) is 0. The van der Waals surface area contributed by atoms with Crippen molar-refractivity contribution in [2.45, 2.75) is 6.54 Å². The first-order chi connectivity index (χ1) is 11.0. The monoisotopic (exact) mass is 352 g/mol. The fourth-order valence-corrected chi connectivity index (χ4v) is 2.74. The molecule has 0 aliphatic carbocycles. The molecule has 0 spiro atoms. The van der Waals surface area contributed by atoms with Gasteiger partial charge in [0.05, 0.1) is 10.9 Å². The first-order valence-electron chi connectivity index (χ1n) is 6.91. The second-order valence-corrected chi connectivity index (χ2v) is 6.79. The number of ether oxygens (including phenoxy) is 1. The molecule has 0 atom stereocenters. The first-order valence-corrected chi connectivity index (χ1v) is 8.10. The van der Waals surface area contributed by atoms with Crippen molar-refractivity contribution < 1.29 is 14.3 Å². The van der Waals surface area contributed by atoms with Crippen molar-refractivity contribution in [3.05, 3.63) is 51.2 Å². The minimum Gasteiger partial charge on any atom is -0.484 e. The Balaban J connectivity index is 1.92. The maximum Gasteiger partial charge on any atom is 0.259 e. The second-order valence-electron chi connectivity index (χ2n) is 4.99. The third-order valence-corrected chi connectivity index (χ3v) is 4.24. The van der Waals surface area contributed by atoms with Crippen LogP contribution in [-0.4, -0.2) is 37.4 Å². The molecule has 2 amide bonds. The average molecular weight is 353 g/mol. The number of benzene rings is 1. The van der Waals surface area contributed by atoms with Gasteiger partial charge in [-0.25, -0.2) is 0 Å². The summed E-state index contributed by atoms with van der Waals surface area (Å²) in [5.41, 5.74) is 0.474. The number of likely N-dealkylation sites (N-methyl/N-ethyl adjacent to an activating group) is 1. The molecular weight excluding hydrogens is 336 g/mol. The van der Waals surface area contributed by atoms with Crippen molar-refractivity contribution in [3.63, 3.8) is 0 Å². The van der Waals surface area contributed by atoms with Gasteiger partial charge in [0.15, 0.2) is 6.61 Å². The summed E-state index contributed by atoms with van der Waals surface area (Å²) in [5, 5.41) is 2.82. The Morgan fingerprint density at radius 2 is 2.04 bits per heavy atom. The van der Waals surface area contributed by atoms with E-state index in [1.165, 1.54) is 16.2 Å². The average Bonchev–Trinajstić information content (AvgIpc) is 2.96. The predicted octanol–water partition coefficient (Wildman–Crippen LogP) is 2.80. The van der Waals surface area contributed by atoms with E-state index in [0.717, 1.165) is 4.88 Å². The van der Waals surface area contributed by atoms with Crippen LogP contribution >= 0.6 is 22.9 Å². The lowest BCUT2D eigenvalue weighted by atomic mass is 10.2. The smallest absolute Gasteiger partial charge is 0.259 e. The molecule has 1 aromatic heterocycles. The van der Waals surface area contributed by atoms with Gasteiger partial charge < -0.3 is 15.0 Å². The van der Waals surface area contributed by atoms with Crippen molar-refractivity contribution >= 4 is 34.8 Å². The van der Waals surface area contributed by atoms with Gasteiger partial charge in [-0.2, -0.15) is 0 Å². The molecule has 0 unspecified atom stereocenters. The maximum absolute atomic E-state index is 12.2. The summed E-state index contributed by atoms with van der Waals surface area (Å²) in [7, 11) is 3.32. The van der Waals surface area contributed by atoms with Gasteiger partial charge in [-0.3, -0.25) is 9.59 Å². The van der Waals surface area contributed by atoms with E-state index in [2.05, 4.69) is 5.32 Å². The van der Waals surface area contributed by atoms with E-state index in [1.54, 1.807) is 44.4 Å². The van der Waals surface area contributed by atoms with Crippen molar-refractivity contribution in [1.82, 2.24) is 10.2 Å². The lowest BCUT2D eigenvalue weighted by Crippen LogP contribution is -2.27. The zero-order valence-electron chi connectivity index (χ0n) is 12.8. The summed E-state index contributed by atoms with van der Waals surface area (Å²) in [6.45, 7) is 0.353. The number of nitrogens with zero attached hydrogens (tertiary/aromatic N) is 1. The minimum absolute atomic E-state index is 0.0637. The standard InChI is InChI=1S/C16H17ClN2O3S/c1-19(2)15(20)10-22-12-5-3-4-11(8-12)16(21)18-9-13-6-7-14(17)23-13/h3-8H,9-10H2,1-2H3,(H,18,21). The number of hydrogen-bond donors (Lipinski definition) is 1. The highest BCUT2D eigenvalue weighted by atomic mass is 35.5. The number of hydrogen-bond acceptors (Lipinski definition) is 4. The summed E-state index contributed by atoms with van der Waals surface area (Å²) in [5.74, 6) is 0.125. The molecule has 0 saturated heterocycles. The Morgan fingerprint density at radius 1 is 1.26 bits per heavy atom. The van der Waals surface area contributed by atoms with Gasteiger partial charge in [-0.05, 0) is 30.3 Å².